The molecule has 1 aliphatic heterocycles. The summed E-state index contributed by atoms with van der Waals surface area (Å²) in [7, 11) is 0. The number of nitrogens with zero attached hydrogens (tertiary/aromatic N) is 4. The van der Waals surface area contributed by atoms with Crippen LogP contribution >= 0.6 is 0 Å². The molecule has 18 heavy (non-hydrogen) atoms. The number of anilines is 2. The van der Waals surface area contributed by atoms with Gasteiger partial charge in [0.2, 0.25) is 0 Å². The maximum Gasteiger partial charge on any atom is 0.155 e. The van der Waals surface area contributed by atoms with Gasteiger partial charge in [-0.2, -0.15) is 0 Å². The van der Waals surface area contributed by atoms with E-state index in [0.29, 0.717) is 11.7 Å². The molecule has 0 amide bonds. The van der Waals surface area contributed by atoms with Gasteiger partial charge < -0.3 is 10.6 Å². The fourth-order valence-electron chi connectivity index (χ4n) is 2.53. The van der Waals surface area contributed by atoms with Crippen molar-refractivity contribution in [2.45, 2.75) is 18.9 Å². The molecule has 3 heterocycles. The highest BCUT2D eigenvalue weighted by Gasteiger charge is 2.28. The quantitative estimate of drug-likeness (QED) is 0.868. The molecule has 92 valence electrons. The van der Waals surface area contributed by atoms with E-state index in [9.17, 15) is 0 Å². The second-order valence-corrected chi connectivity index (χ2v) is 4.43. The molecule has 0 aromatic carbocycles. The summed E-state index contributed by atoms with van der Waals surface area (Å²) >= 11 is 0. The molecule has 5 nitrogen and oxygen atoms in total. The molecule has 2 N–H and O–H groups in total. The van der Waals surface area contributed by atoms with E-state index in [1.165, 1.54) is 5.56 Å². The lowest BCUT2D eigenvalue weighted by Crippen LogP contribution is -2.24. The second-order valence-electron chi connectivity index (χ2n) is 4.43. The Kier molecular flexibility index (Phi) is 2.80. The second kappa shape index (κ2) is 4.60. The molecule has 1 unspecified atom stereocenters. The van der Waals surface area contributed by atoms with Crippen LogP contribution in [0.2, 0.25) is 0 Å². The Morgan fingerprint density at radius 1 is 1.22 bits per heavy atom. The van der Waals surface area contributed by atoms with Crippen molar-refractivity contribution in [1.29, 1.82) is 0 Å². The largest absolute Gasteiger partial charge is 0.394 e. The first-order chi connectivity index (χ1) is 8.86. The summed E-state index contributed by atoms with van der Waals surface area (Å²) in [6, 6.07) is 4.45. The predicted molar refractivity (Wildman–Crippen MR) is 70.0 cm³/mol. The number of rotatable bonds is 2. The SMILES string of the molecule is Nc1cncnc1N1CCCC1c1ccncc1. The standard InChI is InChI=1S/C13H15N5/c14-11-8-16-9-17-13(11)18-7-1-2-12(18)10-3-5-15-6-4-10/h3-6,8-9,12H,1-2,7,14H2. The minimum absolute atomic E-state index is 0.338. The van der Waals surface area contributed by atoms with Gasteiger partial charge in [-0.25, -0.2) is 9.97 Å². The first kappa shape index (κ1) is 11.0. The van der Waals surface area contributed by atoms with Crippen LogP contribution in [0, 0.1) is 0 Å². The molecule has 2 aromatic heterocycles. The van der Waals surface area contributed by atoms with E-state index in [1.807, 2.05) is 12.4 Å². The van der Waals surface area contributed by atoms with E-state index in [4.69, 9.17) is 5.73 Å². The van der Waals surface area contributed by atoms with Crippen LogP contribution in [-0.2, 0) is 0 Å². The molecule has 0 spiro atoms. The molecule has 0 saturated carbocycles. The number of pyridine rings is 1. The summed E-state index contributed by atoms with van der Waals surface area (Å²) in [6.45, 7) is 0.980. The highest BCUT2D eigenvalue weighted by molar-refractivity contribution is 5.62. The lowest BCUT2D eigenvalue weighted by atomic mass is 10.1. The molecular weight excluding hydrogens is 226 g/mol. The van der Waals surface area contributed by atoms with Crippen molar-refractivity contribution >= 4 is 11.5 Å². The molecule has 0 aliphatic carbocycles. The fraction of sp³-hybridized carbons (Fsp3) is 0.308. The number of hydrogen-bond donors (Lipinski definition) is 1. The molecule has 2 aromatic rings. The zero-order chi connectivity index (χ0) is 12.4. The van der Waals surface area contributed by atoms with E-state index >= 15 is 0 Å². The number of nitrogen functional groups attached to an aromatic ring is 1. The van der Waals surface area contributed by atoms with E-state index in [1.54, 1.807) is 12.5 Å². The highest BCUT2D eigenvalue weighted by Crippen LogP contribution is 2.36. The van der Waals surface area contributed by atoms with Gasteiger partial charge >= 0.3 is 0 Å². The van der Waals surface area contributed by atoms with Crippen LogP contribution in [0.1, 0.15) is 24.4 Å². The van der Waals surface area contributed by atoms with E-state index < -0.39 is 0 Å². The molecule has 1 aliphatic rings. The summed E-state index contributed by atoms with van der Waals surface area (Å²) in [4.78, 5) is 14.6. The van der Waals surface area contributed by atoms with Crippen molar-refractivity contribution in [1.82, 2.24) is 15.0 Å². The molecule has 0 bridgehead atoms. The monoisotopic (exact) mass is 241 g/mol. The molecular formula is C13H15N5. The molecule has 0 radical (unpaired) electrons. The Balaban J connectivity index is 1.95. The van der Waals surface area contributed by atoms with Gasteiger partial charge in [-0.05, 0) is 30.5 Å². The average molecular weight is 241 g/mol. The van der Waals surface area contributed by atoms with Gasteiger partial charge in [0, 0.05) is 18.9 Å². The van der Waals surface area contributed by atoms with Crippen LogP contribution < -0.4 is 10.6 Å². The Bertz CT molecular complexity index is 528. The van der Waals surface area contributed by atoms with Crippen LogP contribution in [0.25, 0.3) is 0 Å². The normalized spacial score (nSPS) is 19.1. The van der Waals surface area contributed by atoms with Crippen LogP contribution in [0.5, 0.6) is 0 Å². The third kappa shape index (κ3) is 1.88. The van der Waals surface area contributed by atoms with Crippen LogP contribution in [0.3, 0.4) is 0 Å². The van der Waals surface area contributed by atoms with Crippen LogP contribution in [0.4, 0.5) is 11.5 Å². The summed E-state index contributed by atoms with van der Waals surface area (Å²) in [6.07, 6.45) is 9.13. The van der Waals surface area contributed by atoms with Crippen molar-refractivity contribution in [3.05, 3.63) is 42.6 Å². The Hall–Kier alpha value is -2.17. The van der Waals surface area contributed by atoms with Gasteiger partial charge in [-0.15, -0.1) is 0 Å². The number of nitrogens with two attached hydrogens (primary N) is 1. The van der Waals surface area contributed by atoms with Gasteiger partial charge in [0.15, 0.2) is 5.82 Å². The van der Waals surface area contributed by atoms with E-state index in [2.05, 4.69) is 32.0 Å². The first-order valence-corrected chi connectivity index (χ1v) is 6.08. The average Bonchev–Trinajstić information content (AvgIpc) is 2.89. The number of aromatic nitrogens is 3. The van der Waals surface area contributed by atoms with Crippen molar-refractivity contribution in [2.24, 2.45) is 0 Å². The summed E-state index contributed by atoms with van der Waals surface area (Å²) in [5, 5.41) is 0. The number of hydrogen-bond acceptors (Lipinski definition) is 5. The molecule has 5 heteroatoms. The van der Waals surface area contributed by atoms with Crippen molar-refractivity contribution < 1.29 is 0 Å². The molecule has 3 rings (SSSR count). The zero-order valence-electron chi connectivity index (χ0n) is 10.0. The van der Waals surface area contributed by atoms with Crippen molar-refractivity contribution in [3.8, 4) is 0 Å². The third-order valence-electron chi connectivity index (χ3n) is 3.33. The summed E-state index contributed by atoms with van der Waals surface area (Å²) in [5.41, 5.74) is 7.86. The highest BCUT2D eigenvalue weighted by atomic mass is 15.2. The van der Waals surface area contributed by atoms with Crippen molar-refractivity contribution in [3.63, 3.8) is 0 Å². The Morgan fingerprint density at radius 2 is 2.06 bits per heavy atom. The third-order valence-corrected chi connectivity index (χ3v) is 3.33. The lowest BCUT2D eigenvalue weighted by Gasteiger charge is -2.26. The topological polar surface area (TPSA) is 67.9 Å². The van der Waals surface area contributed by atoms with Crippen molar-refractivity contribution in [2.75, 3.05) is 17.2 Å². The van der Waals surface area contributed by atoms with Gasteiger partial charge in [-0.1, -0.05) is 0 Å². The predicted octanol–water partition coefficient (Wildman–Crippen LogP) is 1.80. The van der Waals surface area contributed by atoms with E-state index in [0.717, 1.165) is 25.2 Å². The van der Waals surface area contributed by atoms with Gasteiger partial charge in [-0.3, -0.25) is 4.98 Å². The Labute approximate surface area is 106 Å². The minimum atomic E-state index is 0.338. The molecule has 1 atom stereocenters. The van der Waals surface area contributed by atoms with E-state index in [-0.39, 0.29) is 0 Å². The smallest absolute Gasteiger partial charge is 0.155 e. The Morgan fingerprint density at radius 3 is 2.83 bits per heavy atom. The fourth-order valence-corrected chi connectivity index (χ4v) is 2.53. The first-order valence-electron chi connectivity index (χ1n) is 6.08. The van der Waals surface area contributed by atoms with Crippen LogP contribution in [0.15, 0.2) is 37.1 Å². The summed E-state index contributed by atoms with van der Waals surface area (Å²) in [5.74, 6) is 0.837. The minimum Gasteiger partial charge on any atom is -0.394 e. The van der Waals surface area contributed by atoms with Gasteiger partial charge in [0.25, 0.3) is 0 Å². The van der Waals surface area contributed by atoms with Gasteiger partial charge in [0.1, 0.15) is 6.33 Å². The maximum absolute atomic E-state index is 5.96. The lowest BCUT2D eigenvalue weighted by molar-refractivity contribution is 0.710. The maximum atomic E-state index is 5.96. The van der Waals surface area contributed by atoms with Crippen LogP contribution in [-0.4, -0.2) is 21.5 Å². The zero-order valence-corrected chi connectivity index (χ0v) is 10.0. The molecule has 1 fully saturated rings. The summed E-state index contributed by atoms with van der Waals surface area (Å²) < 4.78 is 0. The van der Waals surface area contributed by atoms with Gasteiger partial charge in [0.05, 0.1) is 17.9 Å². The molecule has 1 saturated heterocycles.